The van der Waals surface area contributed by atoms with Gasteiger partial charge in [-0.05, 0) is 22.4 Å². The molecule has 0 radical (unpaired) electrons. The summed E-state index contributed by atoms with van der Waals surface area (Å²) in [6, 6.07) is 2.07. The molecule has 0 fully saturated rings. The van der Waals surface area contributed by atoms with Gasteiger partial charge in [-0.3, -0.25) is 10.2 Å². The fraction of sp³-hybridized carbons (Fsp3) is 0.111. The van der Waals surface area contributed by atoms with E-state index in [-0.39, 0.29) is 0 Å². The number of hydrogen-bond acceptors (Lipinski definition) is 5. The monoisotopic (exact) mass is 232 g/mol. The van der Waals surface area contributed by atoms with Crippen molar-refractivity contribution in [3.8, 4) is 11.6 Å². The zero-order valence-corrected chi connectivity index (χ0v) is 9.03. The Balaban J connectivity index is 1.83. The van der Waals surface area contributed by atoms with Crippen molar-refractivity contribution in [1.82, 2.24) is 30.4 Å². The minimum Gasteiger partial charge on any atom is -0.262 e. The highest BCUT2D eigenvalue weighted by Gasteiger charge is 2.08. The van der Waals surface area contributed by atoms with E-state index in [1.807, 2.05) is 5.38 Å². The van der Waals surface area contributed by atoms with Crippen LogP contribution in [0.25, 0.3) is 11.6 Å². The molecule has 3 heterocycles. The molecule has 2 N–H and O–H groups in total. The van der Waals surface area contributed by atoms with Crippen molar-refractivity contribution in [3.05, 3.63) is 34.5 Å². The van der Waals surface area contributed by atoms with Crippen molar-refractivity contribution >= 4 is 11.3 Å². The molecule has 0 spiro atoms. The van der Waals surface area contributed by atoms with Crippen molar-refractivity contribution < 1.29 is 0 Å². The van der Waals surface area contributed by atoms with Gasteiger partial charge in [0.1, 0.15) is 12.2 Å². The first-order chi connectivity index (χ1) is 7.92. The zero-order valence-electron chi connectivity index (χ0n) is 8.21. The van der Waals surface area contributed by atoms with E-state index in [1.165, 1.54) is 11.9 Å². The highest BCUT2D eigenvalue weighted by atomic mass is 32.1. The molecule has 16 heavy (non-hydrogen) atoms. The van der Waals surface area contributed by atoms with Gasteiger partial charge < -0.3 is 0 Å². The van der Waals surface area contributed by atoms with Gasteiger partial charge in [-0.1, -0.05) is 0 Å². The maximum Gasteiger partial charge on any atom is 0.218 e. The predicted octanol–water partition coefficient (Wildman–Crippen LogP) is 1.24. The lowest BCUT2D eigenvalue weighted by molar-refractivity contribution is 0.975. The topological polar surface area (TPSA) is 83.1 Å². The average Bonchev–Trinajstić information content (AvgIpc) is 2.99. The molecule has 0 atom stereocenters. The van der Waals surface area contributed by atoms with Crippen molar-refractivity contribution in [2.45, 2.75) is 6.42 Å². The van der Waals surface area contributed by atoms with E-state index in [0.29, 0.717) is 11.6 Å². The molecule has 6 nitrogen and oxygen atoms in total. The molecule has 7 heteroatoms. The molecule has 0 unspecified atom stereocenters. The molecule has 0 aliphatic heterocycles. The Kier molecular flexibility index (Phi) is 2.22. The third-order valence-corrected chi connectivity index (χ3v) is 2.84. The Hall–Kier alpha value is -2.02. The van der Waals surface area contributed by atoms with Crippen LogP contribution in [0.2, 0.25) is 0 Å². The summed E-state index contributed by atoms with van der Waals surface area (Å²) in [4.78, 5) is 8.32. The van der Waals surface area contributed by atoms with Gasteiger partial charge in [0.05, 0.1) is 0 Å². The standard InChI is InChI=1S/C9H8N6S/c1-2-16-4-6(1)3-7-12-9(15-13-7)8-10-5-11-14-8/h1-2,4-5H,3H2,(H,10,11,14)(H,12,13,15). The van der Waals surface area contributed by atoms with Crippen LogP contribution in [-0.4, -0.2) is 30.4 Å². The Morgan fingerprint density at radius 2 is 2.31 bits per heavy atom. The van der Waals surface area contributed by atoms with Gasteiger partial charge in [-0.2, -0.15) is 16.4 Å². The molecule has 0 saturated carbocycles. The van der Waals surface area contributed by atoms with Crippen molar-refractivity contribution in [2.24, 2.45) is 0 Å². The van der Waals surface area contributed by atoms with Gasteiger partial charge >= 0.3 is 0 Å². The molecule has 3 aromatic heterocycles. The van der Waals surface area contributed by atoms with E-state index in [1.54, 1.807) is 11.3 Å². The number of aromatic amines is 2. The third-order valence-electron chi connectivity index (χ3n) is 2.11. The summed E-state index contributed by atoms with van der Waals surface area (Å²) in [5.41, 5.74) is 1.23. The molecule has 0 amide bonds. The summed E-state index contributed by atoms with van der Waals surface area (Å²) < 4.78 is 0. The minimum atomic E-state index is 0.544. The van der Waals surface area contributed by atoms with E-state index in [9.17, 15) is 0 Å². The number of nitrogens with one attached hydrogen (secondary N) is 2. The molecule has 0 aliphatic carbocycles. The first-order valence-electron chi connectivity index (χ1n) is 4.70. The number of nitrogens with zero attached hydrogens (tertiary/aromatic N) is 4. The van der Waals surface area contributed by atoms with Crippen LogP contribution in [0.1, 0.15) is 11.4 Å². The quantitative estimate of drug-likeness (QED) is 0.711. The maximum atomic E-state index is 4.33. The molecule has 3 rings (SSSR count). The van der Waals surface area contributed by atoms with Crippen LogP contribution in [0.5, 0.6) is 0 Å². The van der Waals surface area contributed by atoms with E-state index in [2.05, 4.69) is 41.8 Å². The van der Waals surface area contributed by atoms with Crippen molar-refractivity contribution in [1.29, 1.82) is 0 Å². The highest BCUT2D eigenvalue weighted by molar-refractivity contribution is 7.07. The summed E-state index contributed by atoms with van der Waals surface area (Å²) in [6.45, 7) is 0. The number of hydrogen-bond donors (Lipinski definition) is 2. The molecule has 3 aromatic rings. The molecule has 0 aromatic carbocycles. The predicted molar refractivity (Wildman–Crippen MR) is 58.9 cm³/mol. The summed E-state index contributed by atoms with van der Waals surface area (Å²) >= 11 is 1.67. The fourth-order valence-electron chi connectivity index (χ4n) is 1.38. The molecular weight excluding hydrogens is 224 g/mol. The Labute approximate surface area is 94.8 Å². The van der Waals surface area contributed by atoms with Crippen LogP contribution >= 0.6 is 11.3 Å². The second kappa shape index (κ2) is 3.86. The van der Waals surface area contributed by atoms with Crippen LogP contribution < -0.4 is 0 Å². The smallest absolute Gasteiger partial charge is 0.218 e. The van der Waals surface area contributed by atoms with E-state index in [4.69, 9.17) is 0 Å². The Morgan fingerprint density at radius 3 is 3.06 bits per heavy atom. The Bertz CT molecular complexity index is 553. The molecule has 0 bridgehead atoms. The van der Waals surface area contributed by atoms with Gasteiger partial charge in [0, 0.05) is 6.42 Å². The van der Waals surface area contributed by atoms with Gasteiger partial charge in [0.25, 0.3) is 0 Å². The number of H-pyrrole nitrogens is 2. The normalized spacial score (nSPS) is 10.8. The minimum absolute atomic E-state index is 0.544. The molecular formula is C9H8N6S. The van der Waals surface area contributed by atoms with Gasteiger partial charge in [-0.25, -0.2) is 9.97 Å². The number of thiophene rings is 1. The van der Waals surface area contributed by atoms with Crippen LogP contribution in [0.3, 0.4) is 0 Å². The first kappa shape index (κ1) is 9.22. The maximum absolute atomic E-state index is 4.33. The fourth-order valence-corrected chi connectivity index (χ4v) is 2.05. The molecule has 0 aliphatic rings. The van der Waals surface area contributed by atoms with Crippen molar-refractivity contribution in [3.63, 3.8) is 0 Å². The van der Waals surface area contributed by atoms with Crippen LogP contribution in [0, 0.1) is 0 Å². The lowest BCUT2D eigenvalue weighted by Gasteiger charge is -1.89. The van der Waals surface area contributed by atoms with Crippen LogP contribution in [0.15, 0.2) is 23.2 Å². The molecule has 80 valence electrons. The third kappa shape index (κ3) is 1.72. The summed E-state index contributed by atoms with van der Waals surface area (Å²) in [5.74, 6) is 1.94. The second-order valence-corrected chi connectivity index (χ2v) is 4.03. The van der Waals surface area contributed by atoms with E-state index in [0.717, 1.165) is 12.2 Å². The second-order valence-electron chi connectivity index (χ2n) is 3.25. The van der Waals surface area contributed by atoms with E-state index >= 15 is 0 Å². The van der Waals surface area contributed by atoms with Gasteiger partial charge in [-0.15, -0.1) is 5.10 Å². The largest absolute Gasteiger partial charge is 0.262 e. The highest BCUT2D eigenvalue weighted by Crippen LogP contribution is 2.12. The molecule has 0 saturated heterocycles. The van der Waals surface area contributed by atoms with Gasteiger partial charge in [0.2, 0.25) is 5.82 Å². The summed E-state index contributed by atoms with van der Waals surface area (Å²) in [7, 11) is 0. The van der Waals surface area contributed by atoms with Gasteiger partial charge in [0.15, 0.2) is 5.82 Å². The summed E-state index contributed by atoms with van der Waals surface area (Å²) in [6.07, 6.45) is 2.19. The number of aromatic nitrogens is 6. The number of rotatable bonds is 3. The Morgan fingerprint density at radius 1 is 1.31 bits per heavy atom. The van der Waals surface area contributed by atoms with Crippen LogP contribution in [-0.2, 0) is 6.42 Å². The lowest BCUT2D eigenvalue weighted by atomic mass is 10.2. The van der Waals surface area contributed by atoms with Crippen LogP contribution in [0.4, 0.5) is 0 Å². The average molecular weight is 232 g/mol. The lowest BCUT2D eigenvalue weighted by Crippen LogP contribution is -1.88. The summed E-state index contributed by atoms with van der Waals surface area (Å²) in [5, 5.41) is 17.6. The SMILES string of the molecule is c1n[nH]c(-c2n[nH]c(Cc3ccsc3)n2)n1. The first-order valence-corrected chi connectivity index (χ1v) is 5.64. The van der Waals surface area contributed by atoms with E-state index < -0.39 is 0 Å². The zero-order chi connectivity index (χ0) is 10.8. The van der Waals surface area contributed by atoms with Crippen molar-refractivity contribution in [2.75, 3.05) is 0 Å².